The summed E-state index contributed by atoms with van der Waals surface area (Å²) >= 11 is 0. The highest BCUT2D eigenvalue weighted by Gasteiger charge is 2.79. The van der Waals surface area contributed by atoms with E-state index in [9.17, 15) is 27.9 Å². The summed E-state index contributed by atoms with van der Waals surface area (Å²) < 4.78 is 23.8. The Morgan fingerprint density at radius 3 is 2.25 bits per heavy atom. The number of rotatable bonds is 4. The average Bonchev–Trinajstić information content (AvgIpc) is 2.98. The van der Waals surface area contributed by atoms with E-state index in [1.54, 1.807) is 0 Å². The van der Waals surface area contributed by atoms with Crippen molar-refractivity contribution in [3.05, 3.63) is 0 Å². The van der Waals surface area contributed by atoms with Crippen LogP contribution in [0.1, 0.15) is 6.92 Å². The van der Waals surface area contributed by atoms with Gasteiger partial charge in [-0.05, 0) is 6.92 Å². The molecule has 5 atom stereocenters. The zero-order valence-corrected chi connectivity index (χ0v) is 11.3. The minimum absolute atomic E-state index is 0.813. The molecule has 2 rings (SSSR count). The van der Waals surface area contributed by atoms with Crippen LogP contribution in [0.4, 0.5) is 0 Å². The molecule has 0 aromatic rings. The Labute approximate surface area is 114 Å². The van der Waals surface area contributed by atoms with Gasteiger partial charge < -0.3 is 21.3 Å². The van der Waals surface area contributed by atoms with Crippen LogP contribution in [0.3, 0.4) is 0 Å². The molecule has 2 aliphatic rings. The monoisotopic (exact) mass is 306 g/mol. The third-order valence-electron chi connectivity index (χ3n) is 3.79. The van der Waals surface area contributed by atoms with Gasteiger partial charge in [0.2, 0.25) is 5.91 Å². The SMILES string of the molecule is C[C@H](N)C(=O)N[C@@]1(C(=O)O)CS(=O)(=O)[C@H]2[C@H](C(=O)O)[C@H]21. The topological polar surface area (TPSA) is 164 Å². The van der Waals surface area contributed by atoms with Gasteiger partial charge in [-0.3, -0.25) is 9.59 Å². The van der Waals surface area contributed by atoms with Crippen LogP contribution in [-0.4, -0.2) is 59.1 Å². The van der Waals surface area contributed by atoms with Crippen LogP contribution in [0.25, 0.3) is 0 Å². The number of fused-ring (bicyclic) bond motifs is 1. The first-order chi connectivity index (χ1) is 9.04. The van der Waals surface area contributed by atoms with Crippen molar-refractivity contribution in [1.82, 2.24) is 5.32 Å². The molecule has 0 radical (unpaired) electrons. The minimum atomic E-state index is -3.89. The molecule has 5 N–H and O–H groups in total. The molecule has 0 aromatic heterocycles. The summed E-state index contributed by atoms with van der Waals surface area (Å²) in [6, 6.07) is -1.03. The second-order valence-electron chi connectivity index (χ2n) is 5.22. The van der Waals surface area contributed by atoms with Crippen LogP contribution in [0.5, 0.6) is 0 Å². The maximum Gasteiger partial charge on any atom is 0.330 e. The van der Waals surface area contributed by atoms with Gasteiger partial charge in [-0.1, -0.05) is 0 Å². The maximum atomic E-state index is 11.9. The predicted molar refractivity (Wildman–Crippen MR) is 64.3 cm³/mol. The van der Waals surface area contributed by atoms with Gasteiger partial charge in [0, 0.05) is 5.92 Å². The van der Waals surface area contributed by atoms with Gasteiger partial charge in [-0.25, -0.2) is 13.2 Å². The third-order valence-corrected chi connectivity index (χ3v) is 6.07. The predicted octanol–water partition coefficient (Wildman–Crippen LogP) is -2.60. The lowest BCUT2D eigenvalue weighted by molar-refractivity contribution is -0.148. The van der Waals surface area contributed by atoms with Crippen molar-refractivity contribution in [3.8, 4) is 0 Å². The Morgan fingerprint density at radius 1 is 1.35 bits per heavy atom. The lowest BCUT2D eigenvalue weighted by Crippen LogP contribution is -2.61. The lowest BCUT2D eigenvalue weighted by Gasteiger charge is -2.28. The number of aliphatic carboxylic acids is 2. The molecule has 1 saturated heterocycles. The van der Waals surface area contributed by atoms with Gasteiger partial charge in [0.15, 0.2) is 15.4 Å². The molecule has 0 bridgehead atoms. The van der Waals surface area contributed by atoms with Gasteiger partial charge in [-0.2, -0.15) is 0 Å². The number of nitrogens with two attached hydrogens (primary N) is 1. The molecular formula is C10H14N2O7S. The van der Waals surface area contributed by atoms with E-state index in [1.807, 2.05) is 0 Å². The van der Waals surface area contributed by atoms with Crippen molar-refractivity contribution >= 4 is 27.7 Å². The molecule has 0 aromatic carbocycles. The second-order valence-corrected chi connectivity index (χ2v) is 7.37. The van der Waals surface area contributed by atoms with Gasteiger partial charge in [-0.15, -0.1) is 0 Å². The fourth-order valence-corrected chi connectivity index (χ4v) is 5.54. The Kier molecular flexibility index (Phi) is 3.06. The highest BCUT2D eigenvalue weighted by atomic mass is 32.2. The molecular weight excluding hydrogens is 292 g/mol. The van der Waals surface area contributed by atoms with E-state index >= 15 is 0 Å². The molecule has 1 amide bonds. The highest BCUT2D eigenvalue weighted by Crippen LogP contribution is 2.57. The minimum Gasteiger partial charge on any atom is -0.481 e. The second kappa shape index (κ2) is 4.16. The summed E-state index contributed by atoms with van der Waals surface area (Å²) in [6.45, 7) is 1.31. The summed E-state index contributed by atoms with van der Waals surface area (Å²) in [5.41, 5.74) is 3.21. The number of sulfone groups is 1. The molecule has 20 heavy (non-hydrogen) atoms. The number of carboxylic acid groups (broad SMARTS) is 2. The largest absolute Gasteiger partial charge is 0.481 e. The first kappa shape index (κ1) is 14.7. The summed E-state index contributed by atoms with van der Waals surface area (Å²) in [6.07, 6.45) is 0. The number of hydrogen-bond donors (Lipinski definition) is 4. The Balaban J connectivity index is 2.42. The Morgan fingerprint density at radius 2 is 1.90 bits per heavy atom. The van der Waals surface area contributed by atoms with E-state index in [1.165, 1.54) is 6.92 Å². The zero-order chi connectivity index (χ0) is 15.5. The van der Waals surface area contributed by atoms with Crippen molar-refractivity contribution in [1.29, 1.82) is 0 Å². The fourth-order valence-electron chi connectivity index (χ4n) is 2.83. The Bertz CT molecular complexity index is 599. The molecule has 112 valence electrons. The van der Waals surface area contributed by atoms with Gasteiger partial charge in [0.1, 0.15) is 0 Å². The van der Waals surface area contributed by atoms with E-state index in [0.29, 0.717) is 0 Å². The standard InChI is InChI=1S/C10H14N2O7S/c1-3(11)7(13)12-10(9(16)17)2-20(18,19)6-4(5(6)10)8(14)15/h3-6H,2,11H2,1H3,(H,12,13)(H,14,15)(H,16,17)/t3-,4+,5+,6-,10-/m0/s1. The van der Waals surface area contributed by atoms with Gasteiger partial charge in [0.05, 0.1) is 23.0 Å². The molecule has 9 nitrogen and oxygen atoms in total. The van der Waals surface area contributed by atoms with Gasteiger partial charge >= 0.3 is 11.9 Å². The summed E-state index contributed by atoms with van der Waals surface area (Å²) in [4.78, 5) is 34.1. The molecule has 0 spiro atoms. The summed E-state index contributed by atoms with van der Waals surface area (Å²) in [5, 5.41) is 19.1. The maximum absolute atomic E-state index is 11.9. The Hall–Kier alpha value is -1.68. The van der Waals surface area contributed by atoms with E-state index in [4.69, 9.17) is 10.8 Å². The molecule has 1 aliphatic carbocycles. The van der Waals surface area contributed by atoms with Crippen LogP contribution in [0, 0.1) is 11.8 Å². The van der Waals surface area contributed by atoms with Crippen LogP contribution in [0.2, 0.25) is 0 Å². The zero-order valence-electron chi connectivity index (χ0n) is 10.4. The molecule has 10 heteroatoms. The first-order valence-electron chi connectivity index (χ1n) is 5.80. The molecule has 1 heterocycles. The van der Waals surface area contributed by atoms with E-state index < -0.39 is 62.1 Å². The van der Waals surface area contributed by atoms with Crippen LogP contribution in [0.15, 0.2) is 0 Å². The number of nitrogens with one attached hydrogen (secondary N) is 1. The van der Waals surface area contributed by atoms with Crippen LogP contribution >= 0.6 is 0 Å². The van der Waals surface area contributed by atoms with Crippen molar-refractivity contribution in [2.45, 2.75) is 23.8 Å². The van der Waals surface area contributed by atoms with Crippen molar-refractivity contribution in [2.75, 3.05) is 5.75 Å². The molecule has 1 saturated carbocycles. The number of carboxylic acids is 2. The smallest absolute Gasteiger partial charge is 0.330 e. The number of carbonyl (C=O) groups excluding carboxylic acids is 1. The first-order valence-corrected chi connectivity index (χ1v) is 7.51. The van der Waals surface area contributed by atoms with Crippen LogP contribution < -0.4 is 11.1 Å². The van der Waals surface area contributed by atoms with Gasteiger partial charge in [0.25, 0.3) is 0 Å². The quantitative estimate of drug-likeness (QED) is 0.439. The van der Waals surface area contributed by atoms with Crippen molar-refractivity contribution in [3.63, 3.8) is 0 Å². The molecule has 2 fully saturated rings. The number of carbonyl (C=O) groups is 3. The average molecular weight is 306 g/mol. The third kappa shape index (κ3) is 1.86. The summed E-state index contributed by atoms with van der Waals surface area (Å²) in [7, 11) is -3.89. The van der Waals surface area contributed by atoms with Crippen molar-refractivity contribution in [2.24, 2.45) is 17.6 Å². The van der Waals surface area contributed by atoms with E-state index in [-0.39, 0.29) is 0 Å². The normalized spacial score (nSPS) is 38.6. The fraction of sp³-hybridized carbons (Fsp3) is 0.700. The molecule has 0 unspecified atom stereocenters. The van der Waals surface area contributed by atoms with Crippen molar-refractivity contribution < 1.29 is 33.0 Å². The summed E-state index contributed by atoms with van der Waals surface area (Å²) in [5.74, 6) is -7.06. The van der Waals surface area contributed by atoms with E-state index in [0.717, 1.165) is 0 Å². The van der Waals surface area contributed by atoms with Crippen LogP contribution in [-0.2, 0) is 24.2 Å². The van der Waals surface area contributed by atoms with E-state index in [2.05, 4.69) is 5.32 Å². The lowest BCUT2D eigenvalue weighted by atomic mass is 9.93. The molecule has 1 aliphatic heterocycles. The number of hydrogen-bond acceptors (Lipinski definition) is 6. The number of amides is 1. The highest BCUT2D eigenvalue weighted by molar-refractivity contribution is 7.92.